The van der Waals surface area contributed by atoms with Crippen molar-refractivity contribution in [1.29, 1.82) is 0 Å². The Labute approximate surface area is 301 Å². The molecule has 3 nitrogen and oxygen atoms in total. The van der Waals surface area contributed by atoms with Gasteiger partial charge in [-0.3, -0.25) is 0 Å². The molecule has 0 saturated heterocycles. The van der Waals surface area contributed by atoms with Crippen molar-refractivity contribution in [2.45, 2.75) is 0 Å². The van der Waals surface area contributed by atoms with Crippen LogP contribution in [0, 0.1) is 0 Å². The van der Waals surface area contributed by atoms with Gasteiger partial charge in [-0.1, -0.05) is 170 Å². The van der Waals surface area contributed by atoms with Crippen LogP contribution in [0.5, 0.6) is 0 Å². The summed E-state index contributed by atoms with van der Waals surface area (Å²) in [5, 5.41) is 8.30. The molecule has 0 atom stereocenters. The lowest BCUT2D eigenvalue weighted by atomic mass is 9.91. The second-order valence-corrected chi connectivity index (χ2v) is 13.2. The van der Waals surface area contributed by atoms with Crippen LogP contribution in [0.3, 0.4) is 0 Å². The second kappa shape index (κ2) is 12.4. The topological polar surface area (TPSA) is 38.7 Å². The van der Waals surface area contributed by atoms with Crippen LogP contribution in [0.1, 0.15) is 0 Å². The van der Waals surface area contributed by atoms with Crippen LogP contribution in [-0.2, 0) is 0 Å². The van der Waals surface area contributed by atoms with Gasteiger partial charge in [0.1, 0.15) is 0 Å². The molecular formula is C49H31N3. The van der Waals surface area contributed by atoms with Crippen LogP contribution in [0.2, 0.25) is 0 Å². The van der Waals surface area contributed by atoms with Crippen LogP contribution in [0.15, 0.2) is 188 Å². The highest BCUT2D eigenvalue weighted by Gasteiger charge is 2.21. The number of aromatic nitrogens is 3. The van der Waals surface area contributed by atoms with Gasteiger partial charge in [0, 0.05) is 44.0 Å². The van der Waals surface area contributed by atoms with E-state index in [-0.39, 0.29) is 0 Å². The van der Waals surface area contributed by atoms with Crippen molar-refractivity contribution in [2.24, 2.45) is 0 Å². The minimum Gasteiger partial charge on any atom is -0.247 e. The van der Waals surface area contributed by atoms with Crippen LogP contribution < -0.4 is 0 Å². The highest BCUT2D eigenvalue weighted by atomic mass is 14.9. The van der Waals surface area contributed by atoms with E-state index < -0.39 is 0 Å². The summed E-state index contributed by atoms with van der Waals surface area (Å²) < 4.78 is 0. The number of hydrogen-bond acceptors (Lipinski definition) is 3. The highest BCUT2D eigenvalue weighted by molar-refractivity contribution is 6.22. The van der Waals surface area contributed by atoms with Gasteiger partial charge in [-0.05, 0) is 45.3 Å². The number of nitrogens with zero attached hydrogens (tertiary/aromatic N) is 3. The van der Waals surface area contributed by atoms with Crippen LogP contribution in [-0.4, -0.2) is 15.0 Å². The van der Waals surface area contributed by atoms with E-state index in [1.807, 2.05) is 12.1 Å². The summed E-state index contributed by atoms with van der Waals surface area (Å²) in [5.74, 6) is 0.692. The van der Waals surface area contributed by atoms with Gasteiger partial charge in [0.15, 0.2) is 5.82 Å². The van der Waals surface area contributed by atoms with Gasteiger partial charge in [-0.2, -0.15) is 0 Å². The van der Waals surface area contributed by atoms with Crippen molar-refractivity contribution in [3.8, 4) is 56.3 Å². The van der Waals surface area contributed by atoms with E-state index in [1.165, 1.54) is 21.5 Å². The molecule has 8 aromatic carbocycles. The van der Waals surface area contributed by atoms with Crippen LogP contribution in [0.25, 0.3) is 99.5 Å². The maximum atomic E-state index is 5.38. The molecule has 0 unspecified atom stereocenters. The Hall–Kier alpha value is -6.97. The van der Waals surface area contributed by atoms with E-state index in [1.54, 1.807) is 0 Å². The molecule has 0 aliphatic carbocycles. The van der Waals surface area contributed by atoms with E-state index in [2.05, 4.69) is 176 Å². The summed E-state index contributed by atoms with van der Waals surface area (Å²) in [4.78, 5) is 16.1. The molecule has 242 valence electrons. The molecular weight excluding hydrogens is 631 g/mol. The molecule has 0 amide bonds. The van der Waals surface area contributed by atoms with Gasteiger partial charge in [0.05, 0.1) is 22.6 Å². The number of rotatable bonds is 5. The lowest BCUT2D eigenvalue weighted by Crippen LogP contribution is -2.01. The molecule has 2 heterocycles. The predicted octanol–water partition coefficient (Wildman–Crippen LogP) is 12.8. The second-order valence-electron chi connectivity index (χ2n) is 13.2. The number of benzene rings is 8. The number of hydrogen-bond donors (Lipinski definition) is 0. The first-order chi connectivity index (χ1) is 25.8. The number of pyridine rings is 1. The zero-order chi connectivity index (χ0) is 34.4. The summed E-state index contributed by atoms with van der Waals surface area (Å²) in [7, 11) is 0. The van der Waals surface area contributed by atoms with Crippen molar-refractivity contribution in [3.05, 3.63) is 188 Å². The largest absolute Gasteiger partial charge is 0.247 e. The maximum Gasteiger partial charge on any atom is 0.160 e. The monoisotopic (exact) mass is 661 g/mol. The van der Waals surface area contributed by atoms with Gasteiger partial charge in [0.2, 0.25) is 0 Å². The summed E-state index contributed by atoms with van der Waals surface area (Å²) in [5.41, 5.74) is 9.81. The molecule has 2 aromatic heterocycles. The smallest absolute Gasteiger partial charge is 0.160 e. The molecule has 10 rings (SSSR count). The average molecular weight is 662 g/mol. The Morgan fingerprint density at radius 1 is 0.288 bits per heavy atom. The minimum atomic E-state index is 0.692. The van der Waals surface area contributed by atoms with Crippen molar-refractivity contribution in [2.75, 3.05) is 0 Å². The molecule has 52 heavy (non-hydrogen) atoms. The third-order valence-electron chi connectivity index (χ3n) is 10.0. The number of para-hydroxylation sites is 1. The maximum absolute atomic E-state index is 5.38. The Morgan fingerprint density at radius 2 is 0.865 bits per heavy atom. The lowest BCUT2D eigenvalue weighted by Gasteiger charge is -2.18. The first-order valence-corrected chi connectivity index (χ1v) is 17.6. The Kier molecular flexibility index (Phi) is 7.14. The molecule has 3 heteroatoms. The van der Waals surface area contributed by atoms with Crippen molar-refractivity contribution in [1.82, 2.24) is 15.0 Å². The van der Waals surface area contributed by atoms with Gasteiger partial charge < -0.3 is 0 Å². The summed E-state index contributed by atoms with van der Waals surface area (Å²) in [6.45, 7) is 0. The fraction of sp³-hybridized carbons (Fsp3) is 0. The SMILES string of the molecule is c1ccc(-c2nc(-c3ccc4ccccc4c3)nc(-c3ccccc3)c2-c2cccc(-c3nc4ccccc4c4c3ccc3ccccc34)c2)cc1. The van der Waals surface area contributed by atoms with Crippen molar-refractivity contribution in [3.63, 3.8) is 0 Å². The van der Waals surface area contributed by atoms with Crippen LogP contribution >= 0.6 is 0 Å². The average Bonchev–Trinajstić information content (AvgIpc) is 3.23. The standard InChI is InChI=1S/C49H31N3/c1-3-16-34(17-4-1)47-44(48(35-18-5-2-6-19-35)52-49(51-47)39-27-26-32-14-7-8-20-36(32)30-39)37-21-13-22-38(31-37)46-42-29-28-33-15-9-10-23-40(33)45(42)41-24-11-12-25-43(41)50-46/h1-31H. The first-order valence-electron chi connectivity index (χ1n) is 17.6. The lowest BCUT2D eigenvalue weighted by molar-refractivity contribution is 1.19. The van der Waals surface area contributed by atoms with Crippen LogP contribution in [0.4, 0.5) is 0 Å². The predicted molar refractivity (Wildman–Crippen MR) is 217 cm³/mol. The van der Waals surface area contributed by atoms with E-state index in [9.17, 15) is 0 Å². The molecule has 0 spiro atoms. The Morgan fingerprint density at radius 3 is 1.62 bits per heavy atom. The summed E-state index contributed by atoms with van der Waals surface area (Å²) in [6, 6.07) is 66.1. The van der Waals surface area contributed by atoms with Gasteiger partial charge in [-0.25, -0.2) is 15.0 Å². The quantitative estimate of drug-likeness (QED) is 0.172. The van der Waals surface area contributed by atoms with E-state index >= 15 is 0 Å². The zero-order valence-corrected chi connectivity index (χ0v) is 28.2. The zero-order valence-electron chi connectivity index (χ0n) is 28.2. The van der Waals surface area contributed by atoms with Gasteiger partial charge >= 0.3 is 0 Å². The van der Waals surface area contributed by atoms with Gasteiger partial charge in [0.25, 0.3) is 0 Å². The Bertz CT molecular complexity index is 2880. The first kappa shape index (κ1) is 29.9. The fourth-order valence-electron chi connectivity index (χ4n) is 7.57. The third kappa shape index (κ3) is 5.10. The number of fused-ring (bicyclic) bond motifs is 6. The molecule has 0 aliphatic rings. The molecule has 0 N–H and O–H groups in total. The highest BCUT2D eigenvalue weighted by Crippen LogP contribution is 2.42. The fourth-order valence-corrected chi connectivity index (χ4v) is 7.57. The molecule has 0 radical (unpaired) electrons. The summed E-state index contributed by atoms with van der Waals surface area (Å²) >= 11 is 0. The minimum absolute atomic E-state index is 0.692. The Balaban J connectivity index is 1.25. The van der Waals surface area contributed by atoms with E-state index in [4.69, 9.17) is 15.0 Å². The van der Waals surface area contributed by atoms with Gasteiger partial charge in [-0.15, -0.1) is 0 Å². The normalized spacial score (nSPS) is 11.5. The third-order valence-corrected chi connectivity index (χ3v) is 10.0. The summed E-state index contributed by atoms with van der Waals surface area (Å²) in [6.07, 6.45) is 0. The molecule has 10 aromatic rings. The van der Waals surface area contributed by atoms with E-state index in [0.717, 1.165) is 72.1 Å². The molecule has 0 aliphatic heterocycles. The molecule has 0 fully saturated rings. The van der Waals surface area contributed by atoms with Crippen molar-refractivity contribution < 1.29 is 0 Å². The molecule has 0 saturated carbocycles. The molecule has 0 bridgehead atoms. The van der Waals surface area contributed by atoms with Crippen molar-refractivity contribution >= 4 is 43.2 Å². The van der Waals surface area contributed by atoms with E-state index in [0.29, 0.717) is 5.82 Å².